The first-order valence-electron chi connectivity index (χ1n) is 6.67. The van der Waals surface area contributed by atoms with Gasteiger partial charge in [-0.25, -0.2) is 0 Å². The van der Waals surface area contributed by atoms with Gasteiger partial charge in [-0.3, -0.25) is 9.78 Å². The molecule has 0 spiro atoms. The molecule has 2 aromatic rings. The van der Waals surface area contributed by atoms with Gasteiger partial charge in [0.15, 0.2) is 0 Å². The Morgan fingerprint density at radius 2 is 2.24 bits per heavy atom. The van der Waals surface area contributed by atoms with Gasteiger partial charge in [-0.2, -0.15) is 0 Å². The average Bonchev–Trinajstić information content (AvgIpc) is 2.52. The van der Waals surface area contributed by atoms with Crippen molar-refractivity contribution in [3.8, 4) is 11.8 Å². The number of hydrogen-bond acceptors (Lipinski definition) is 3. The van der Waals surface area contributed by atoms with Crippen LogP contribution in [-0.2, 0) is 6.54 Å². The van der Waals surface area contributed by atoms with Crippen LogP contribution in [-0.4, -0.2) is 17.4 Å². The second-order valence-electron chi connectivity index (χ2n) is 4.58. The number of nitrogens with two attached hydrogens (primary N) is 1. The lowest BCUT2D eigenvalue weighted by Gasteiger charge is -2.07. The maximum atomic E-state index is 12.1. The van der Waals surface area contributed by atoms with Crippen molar-refractivity contribution >= 4 is 5.91 Å². The lowest BCUT2D eigenvalue weighted by Crippen LogP contribution is -2.22. The van der Waals surface area contributed by atoms with Crippen LogP contribution in [0.25, 0.3) is 0 Å². The maximum absolute atomic E-state index is 12.1. The molecule has 21 heavy (non-hydrogen) atoms. The molecule has 106 valence electrons. The zero-order valence-corrected chi connectivity index (χ0v) is 11.9. The second kappa shape index (κ2) is 7.22. The highest BCUT2D eigenvalue weighted by Crippen LogP contribution is 2.10. The summed E-state index contributed by atoms with van der Waals surface area (Å²) >= 11 is 0. The fourth-order valence-electron chi connectivity index (χ4n) is 1.88. The van der Waals surface area contributed by atoms with Gasteiger partial charge in [-0.15, -0.1) is 0 Å². The number of rotatable bonds is 3. The van der Waals surface area contributed by atoms with Gasteiger partial charge in [-0.05, 0) is 42.3 Å². The Bertz CT molecular complexity index is 684. The minimum absolute atomic E-state index is 0.111. The molecule has 0 aliphatic heterocycles. The molecular formula is C17H17N3O. The number of nitrogens with one attached hydrogen (secondary N) is 1. The largest absolute Gasteiger partial charge is 0.348 e. The molecule has 1 amide bonds. The highest BCUT2D eigenvalue weighted by Gasteiger charge is 2.06. The number of nitrogens with zero attached hydrogens (tertiary/aromatic N) is 1. The summed E-state index contributed by atoms with van der Waals surface area (Å²) in [6.45, 7) is 2.71. The number of amides is 1. The van der Waals surface area contributed by atoms with Gasteiger partial charge < -0.3 is 11.1 Å². The Hall–Kier alpha value is -2.64. The minimum atomic E-state index is -0.111. The summed E-state index contributed by atoms with van der Waals surface area (Å²) in [4.78, 5) is 16.1. The van der Waals surface area contributed by atoms with Crippen LogP contribution >= 0.6 is 0 Å². The quantitative estimate of drug-likeness (QED) is 0.839. The molecule has 4 heteroatoms. The maximum Gasteiger partial charge on any atom is 0.251 e. The number of pyridine rings is 1. The van der Waals surface area contributed by atoms with E-state index in [0.717, 1.165) is 16.7 Å². The van der Waals surface area contributed by atoms with Crippen molar-refractivity contribution in [2.75, 3.05) is 6.54 Å². The Balaban J connectivity index is 2.04. The smallest absolute Gasteiger partial charge is 0.251 e. The number of carbonyl (C=O) groups is 1. The summed E-state index contributed by atoms with van der Waals surface area (Å²) in [5.74, 6) is 5.68. The van der Waals surface area contributed by atoms with Crippen LogP contribution in [0.4, 0.5) is 0 Å². The highest BCUT2D eigenvalue weighted by molar-refractivity contribution is 5.94. The molecule has 0 bridgehead atoms. The Labute approximate surface area is 124 Å². The molecule has 3 N–H and O–H groups in total. The molecule has 0 atom stereocenters. The van der Waals surface area contributed by atoms with Crippen molar-refractivity contribution in [3.63, 3.8) is 0 Å². The summed E-state index contributed by atoms with van der Waals surface area (Å²) in [5.41, 5.74) is 8.80. The van der Waals surface area contributed by atoms with E-state index in [2.05, 4.69) is 22.1 Å². The first-order valence-corrected chi connectivity index (χ1v) is 6.67. The summed E-state index contributed by atoms with van der Waals surface area (Å²) in [5, 5.41) is 2.87. The molecule has 0 unspecified atom stereocenters. The van der Waals surface area contributed by atoms with Crippen LogP contribution in [0.1, 0.15) is 27.0 Å². The normalized spacial score (nSPS) is 9.62. The SMILES string of the molecule is Cc1cc(C(=O)NCc2cccnc2)ccc1C#CCN. The van der Waals surface area contributed by atoms with Gasteiger partial charge in [0.1, 0.15) is 0 Å². The zero-order valence-electron chi connectivity index (χ0n) is 11.9. The van der Waals surface area contributed by atoms with E-state index in [1.54, 1.807) is 18.5 Å². The Morgan fingerprint density at radius 1 is 1.38 bits per heavy atom. The van der Waals surface area contributed by atoms with Gasteiger partial charge in [0.05, 0.1) is 6.54 Å². The van der Waals surface area contributed by atoms with Gasteiger partial charge in [0.25, 0.3) is 5.91 Å². The second-order valence-corrected chi connectivity index (χ2v) is 4.58. The first-order chi connectivity index (χ1) is 10.2. The van der Waals surface area contributed by atoms with Gasteiger partial charge in [0.2, 0.25) is 0 Å². The molecular weight excluding hydrogens is 262 g/mol. The topological polar surface area (TPSA) is 68.0 Å². The van der Waals surface area contributed by atoms with Gasteiger partial charge >= 0.3 is 0 Å². The van der Waals surface area contributed by atoms with E-state index in [4.69, 9.17) is 5.73 Å². The fraction of sp³-hybridized carbons (Fsp3) is 0.176. The van der Waals surface area contributed by atoms with Crippen molar-refractivity contribution in [1.29, 1.82) is 0 Å². The molecule has 1 aromatic heterocycles. The van der Waals surface area contributed by atoms with E-state index < -0.39 is 0 Å². The number of benzene rings is 1. The van der Waals surface area contributed by atoms with Crippen LogP contribution in [0, 0.1) is 18.8 Å². The van der Waals surface area contributed by atoms with Crippen molar-refractivity contribution in [2.45, 2.75) is 13.5 Å². The molecule has 1 heterocycles. The standard InChI is InChI=1S/C17H17N3O/c1-13-10-16(7-6-15(13)5-2-8-18)17(21)20-12-14-4-3-9-19-11-14/h3-4,6-7,9-11H,8,12,18H2,1H3,(H,20,21). The van der Waals surface area contributed by atoms with Gasteiger partial charge in [0, 0.05) is 30.1 Å². The van der Waals surface area contributed by atoms with E-state index in [0.29, 0.717) is 18.7 Å². The summed E-state index contributed by atoms with van der Waals surface area (Å²) in [6.07, 6.45) is 3.44. The van der Waals surface area contributed by atoms with Crippen LogP contribution in [0.5, 0.6) is 0 Å². The van der Waals surface area contributed by atoms with Crippen LogP contribution in [0.2, 0.25) is 0 Å². The molecule has 1 aromatic carbocycles. The van der Waals surface area contributed by atoms with Crippen LogP contribution in [0.15, 0.2) is 42.7 Å². The molecule has 0 saturated heterocycles. The van der Waals surface area contributed by atoms with Gasteiger partial charge in [-0.1, -0.05) is 17.9 Å². The predicted molar refractivity (Wildman–Crippen MR) is 82.5 cm³/mol. The molecule has 0 aliphatic rings. The van der Waals surface area contributed by atoms with E-state index in [-0.39, 0.29) is 5.91 Å². The average molecular weight is 279 g/mol. The van der Waals surface area contributed by atoms with Crippen molar-refractivity contribution in [2.24, 2.45) is 5.73 Å². The Kier molecular flexibility index (Phi) is 5.08. The highest BCUT2D eigenvalue weighted by atomic mass is 16.1. The molecule has 0 radical (unpaired) electrons. The number of aromatic nitrogens is 1. The summed E-state index contributed by atoms with van der Waals surface area (Å²) in [7, 11) is 0. The third-order valence-corrected chi connectivity index (χ3v) is 2.99. The molecule has 2 rings (SSSR count). The molecule has 0 aliphatic carbocycles. The number of aryl methyl sites for hydroxylation is 1. The molecule has 0 saturated carbocycles. The van der Waals surface area contributed by atoms with E-state index in [1.165, 1.54) is 0 Å². The predicted octanol–water partition coefficient (Wildman–Crippen LogP) is 1.63. The minimum Gasteiger partial charge on any atom is -0.348 e. The van der Waals surface area contributed by atoms with E-state index >= 15 is 0 Å². The number of carbonyl (C=O) groups excluding carboxylic acids is 1. The van der Waals surface area contributed by atoms with Crippen molar-refractivity contribution in [1.82, 2.24) is 10.3 Å². The fourth-order valence-corrected chi connectivity index (χ4v) is 1.88. The lowest BCUT2D eigenvalue weighted by molar-refractivity contribution is 0.0951. The van der Waals surface area contributed by atoms with Crippen LogP contribution in [0.3, 0.4) is 0 Å². The van der Waals surface area contributed by atoms with Crippen molar-refractivity contribution in [3.05, 3.63) is 65.0 Å². The first kappa shape index (κ1) is 14.8. The third kappa shape index (κ3) is 4.16. The summed E-state index contributed by atoms with van der Waals surface area (Å²) in [6, 6.07) is 9.21. The monoisotopic (exact) mass is 279 g/mol. The lowest BCUT2D eigenvalue weighted by atomic mass is 10.0. The number of hydrogen-bond donors (Lipinski definition) is 2. The summed E-state index contributed by atoms with van der Waals surface area (Å²) < 4.78 is 0. The molecule has 4 nitrogen and oxygen atoms in total. The Morgan fingerprint density at radius 3 is 2.90 bits per heavy atom. The zero-order chi connectivity index (χ0) is 15.1. The third-order valence-electron chi connectivity index (χ3n) is 2.99. The molecule has 0 fully saturated rings. The van der Waals surface area contributed by atoms with E-state index in [9.17, 15) is 4.79 Å². The van der Waals surface area contributed by atoms with Crippen LogP contribution < -0.4 is 11.1 Å². The van der Waals surface area contributed by atoms with Crippen molar-refractivity contribution < 1.29 is 4.79 Å². The van der Waals surface area contributed by atoms with E-state index in [1.807, 2.05) is 31.2 Å².